The van der Waals surface area contributed by atoms with Crippen LogP contribution >= 0.6 is 0 Å². The molecule has 5 rings (SSSR count). The molecule has 2 saturated heterocycles. The maximum atomic E-state index is 15.8. The van der Waals surface area contributed by atoms with Crippen molar-refractivity contribution in [2.24, 2.45) is 11.8 Å². The first kappa shape index (κ1) is 28.8. The van der Waals surface area contributed by atoms with E-state index in [1.807, 2.05) is 36.8 Å². The zero-order chi connectivity index (χ0) is 29.5. The third-order valence-electron chi connectivity index (χ3n) is 8.31. The Labute approximate surface area is 235 Å². The number of likely N-dealkylation sites (N-methyl/N-ethyl adjacent to an activating group) is 1. The van der Waals surface area contributed by atoms with Gasteiger partial charge in [-0.15, -0.1) is 0 Å². The fourth-order valence-electron chi connectivity index (χ4n) is 5.75. The summed E-state index contributed by atoms with van der Waals surface area (Å²) < 4.78 is 57.2. The van der Waals surface area contributed by atoms with Gasteiger partial charge in [-0.1, -0.05) is 6.08 Å². The first-order valence-electron chi connectivity index (χ1n) is 13.6. The lowest BCUT2D eigenvalue weighted by Gasteiger charge is -2.44. The molecule has 4 atom stereocenters. The van der Waals surface area contributed by atoms with Crippen LogP contribution in [0.4, 0.5) is 34.9 Å². The molecule has 4 heterocycles. The summed E-state index contributed by atoms with van der Waals surface area (Å²) in [6.45, 7) is 5.48. The van der Waals surface area contributed by atoms with Gasteiger partial charge in [0.15, 0.2) is 0 Å². The molecule has 2 fully saturated rings. The number of hydrogen-bond acceptors (Lipinski definition) is 7. The second kappa shape index (κ2) is 11.3. The van der Waals surface area contributed by atoms with Crippen molar-refractivity contribution in [3.8, 4) is 0 Å². The van der Waals surface area contributed by atoms with E-state index in [-0.39, 0.29) is 23.3 Å². The Balaban J connectivity index is 1.48. The van der Waals surface area contributed by atoms with Crippen molar-refractivity contribution >= 4 is 34.7 Å². The number of piperazine rings is 1. The molecule has 3 aliphatic rings. The molecule has 3 aliphatic heterocycles. The minimum atomic E-state index is -4.73. The van der Waals surface area contributed by atoms with Crippen molar-refractivity contribution in [1.82, 2.24) is 20.2 Å². The molecule has 0 saturated carbocycles. The van der Waals surface area contributed by atoms with Crippen molar-refractivity contribution in [2.45, 2.75) is 38.5 Å². The van der Waals surface area contributed by atoms with E-state index in [0.29, 0.717) is 43.4 Å². The first-order valence-corrected chi connectivity index (χ1v) is 13.6. The van der Waals surface area contributed by atoms with Crippen molar-refractivity contribution < 1.29 is 27.2 Å². The lowest BCUT2D eigenvalue weighted by atomic mass is 9.84. The summed E-state index contributed by atoms with van der Waals surface area (Å²) in [4.78, 5) is 39.6. The number of hydrogen-bond donors (Lipinski definition) is 2. The standard InChI is InChI=1S/C28H33F4N7O2/c1-16-13-39(14-17(2)37(16)3)24-11-22(29)19(18-5-8-38(15-18)27-33-6-4-7-34-27)9-23(24)36-26(41)20-12-35-25(40)10-21(20)28(30,31)32/h4-7,9,11,16-17,20-21H,8,10,12-15H2,1-3H3,(H,35,40)(H,36,41)/t16-,17+,20?,21?. The topological polar surface area (TPSA) is 93.7 Å². The molecule has 2 N–H and O–H groups in total. The summed E-state index contributed by atoms with van der Waals surface area (Å²) in [7, 11) is 2.00. The van der Waals surface area contributed by atoms with Gasteiger partial charge >= 0.3 is 6.18 Å². The molecule has 0 bridgehead atoms. The molecule has 0 aliphatic carbocycles. The van der Waals surface area contributed by atoms with Crippen LogP contribution in [0.5, 0.6) is 0 Å². The van der Waals surface area contributed by atoms with E-state index in [1.165, 1.54) is 12.1 Å². The van der Waals surface area contributed by atoms with E-state index in [2.05, 4.69) is 25.5 Å². The van der Waals surface area contributed by atoms with Crippen LogP contribution in [0.1, 0.15) is 25.8 Å². The highest BCUT2D eigenvalue weighted by Crippen LogP contribution is 2.39. The third-order valence-corrected chi connectivity index (χ3v) is 8.31. The number of carbonyl (C=O) groups excluding carboxylic acids is 2. The summed E-state index contributed by atoms with van der Waals surface area (Å²) in [6.07, 6.45) is -0.472. The monoisotopic (exact) mass is 575 g/mol. The molecule has 0 spiro atoms. The predicted octanol–water partition coefficient (Wildman–Crippen LogP) is 3.30. The molecule has 13 heteroatoms. The number of nitrogens with zero attached hydrogens (tertiary/aromatic N) is 5. The largest absolute Gasteiger partial charge is 0.393 e. The SMILES string of the molecule is C[C@@H]1CN(c2cc(F)c(C3=CCN(c4ncccn4)C3)cc2NC(=O)C2CNC(=O)CC2C(F)(F)F)C[C@H](C)N1C. The number of amides is 2. The van der Waals surface area contributed by atoms with Crippen LogP contribution in [0.25, 0.3) is 5.57 Å². The van der Waals surface area contributed by atoms with Gasteiger partial charge in [0.2, 0.25) is 17.8 Å². The van der Waals surface area contributed by atoms with Crippen molar-refractivity contribution in [3.05, 3.63) is 48.0 Å². The Morgan fingerprint density at radius 1 is 1.10 bits per heavy atom. The Morgan fingerprint density at radius 2 is 1.78 bits per heavy atom. The number of aromatic nitrogens is 2. The van der Waals surface area contributed by atoms with E-state index in [9.17, 15) is 22.8 Å². The molecular formula is C28H33F4N7O2. The van der Waals surface area contributed by atoms with Crippen LogP contribution in [0.3, 0.4) is 0 Å². The molecule has 220 valence electrons. The number of benzene rings is 1. The Bertz CT molecular complexity index is 1320. The Hall–Kier alpha value is -3.74. The van der Waals surface area contributed by atoms with Crippen molar-refractivity contribution in [2.75, 3.05) is 54.9 Å². The van der Waals surface area contributed by atoms with Crippen LogP contribution in [-0.2, 0) is 9.59 Å². The second-order valence-corrected chi connectivity index (χ2v) is 11.0. The molecule has 2 aromatic rings. The summed E-state index contributed by atoms with van der Waals surface area (Å²) in [6, 6.07) is 4.78. The van der Waals surface area contributed by atoms with Gasteiger partial charge in [0, 0.05) is 69.2 Å². The van der Waals surface area contributed by atoms with Crippen molar-refractivity contribution in [1.29, 1.82) is 0 Å². The zero-order valence-electron chi connectivity index (χ0n) is 23.1. The smallest absolute Gasteiger partial charge is 0.367 e. The highest BCUT2D eigenvalue weighted by Gasteiger charge is 2.50. The van der Waals surface area contributed by atoms with Crippen LogP contribution in [-0.4, -0.2) is 84.7 Å². The fraction of sp³-hybridized carbons (Fsp3) is 0.500. The number of piperidine rings is 1. The number of anilines is 3. The third kappa shape index (κ3) is 5.99. The summed E-state index contributed by atoms with van der Waals surface area (Å²) in [5.41, 5.74) is 1.51. The normalized spacial score (nSPS) is 25.6. The van der Waals surface area contributed by atoms with Crippen molar-refractivity contribution in [3.63, 3.8) is 0 Å². The molecule has 2 unspecified atom stereocenters. The van der Waals surface area contributed by atoms with Gasteiger partial charge in [-0.2, -0.15) is 13.2 Å². The number of nitrogens with one attached hydrogen (secondary N) is 2. The van der Waals surface area contributed by atoms with Gasteiger partial charge < -0.3 is 20.4 Å². The van der Waals surface area contributed by atoms with Crippen LogP contribution in [0, 0.1) is 17.7 Å². The summed E-state index contributed by atoms with van der Waals surface area (Å²) >= 11 is 0. The lowest BCUT2D eigenvalue weighted by Crippen LogP contribution is -2.55. The minimum Gasteiger partial charge on any atom is -0.367 e. The minimum absolute atomic E-state index is 0.116. The molecule has 41 heavy (non-hydrogen) atoms. The summed E-state index contributed by atoms with van der Waals surface area (Å²) in [5, 5.41) is 5.07. The van der Waals surface area contributed by atoms with E-state index in [0.717, 1.165) is 0 Å². The fourth-order valence-corrected chi connectivity index (χ4v) is 5.75. The van der Waals surface area contributed by atoms with Gasteiger partial charge in [0.25, 0.3) is 0 Å². The predicted molar refractivity (Wildman–Crippen MR) is 147 cm³/mol. The highest BCUT2D eigenvalue weighted by atomic mass is 19.4. The average Bonchev–Trinajstić information content (AvgIpc) is 3.42. The molecular weight excluding hydrogens is 542 g/mol. The van der Waals surface area contributed by atoms with Gasteiger partial charge in [0.1, 0.15) is 5.82 Å². The van der Waals surface area contributed by atoms with E-state index < -0.39 is 48.6 Å². The maximum absolute atomic E-state index is 15.8. The van der Waals surface area contributed by atoms with Crippen LogP contribution < -0.4 is 20.4 Å². The van der Waals surface area contributed by atoms with Gasteiger partial charge in [-0.3, -0.25) is 14.5 Å². The maximum Gasteiger partial charge on any atom is 0.393 e. The van der Waals surface area contributed by atoms with Crippen LogP contribution in [0.15, 0.2) is 36.7 Å². The average molecular weight is 576 g/mol. The van der Waals surface area contributed by atoms with E-state index in [4.69, 9.17) is 0 Å². The number of halogens is 4. The lowest BCUT2D eigenvalue weighted by molar-refractivity contribution is -0.197. The van der Waals surface area contributed by atoms with E-state index >= 15 is 4.39 Å². The van der Waals surface area contributed by atoms with E-state index in [1.54, 1.807) is 18.5 Å². The second-order valence-electron chi connectivity index (χ2n) is 11.0. The molecule has 2 amide bonds. The Kier molecular flexibility index (Phi) is 7.91. The number of rotatable bonds is 5. The first-order chi connectivity index (χ1) is 19.4. The molecule has 0 radical (unpaired) electrons. The molecule has 9 nitrogen and oxygen atoms in total. The molecule has 1 aromatic carbocycles. The quantitative estimate of drug-likeness (QED) is 0.529. The highest BCUT2D eigenvalue weighted by molar-refractivity contribution is 5.98. The van der Waals surface area contributed by atoms with Gasteiger partial charge in [0.05, 0.1) is 23.2 Å². The number of carbonyl (C=O) groups is 2. The van der Waals surface area contributed by atoms with Gasteiger partial charge in [-0.05, 0) is 44.7 Å². The molecule has 1 aromatic heterocycles. The number of alkyl halides is 3. The van der Waals surface area contributed by atoms with Gasteiger partial charge in [-0.25, -0.2) is 14.4 Å². The van der Waals surface area contributed by atoms with Crippen LogP contribution in [0.2, 0.25) is 0 Å². The Morgan fingerprint density at radius 3 is 2.44 bits per heavy atom. The summed E-state index contributed by atoms with van der Waals surface area (Å²) in [5.74, 6) is -5.27. The zero-order valence-corrected chi connectivity index (χ0v) is 23.1.